The number of carbonyl (C=O) groups is 3. The molecule has 2 aromatic rings. The maximum absolute atomic E-state index is 12.5. The van der Waals surface area contributed by atoms with Crippen LogP contribution in [0.5, 0.6) is 0 Å². The highest BCUT2D eigenvalue weighted by Crippen LogP contribution is 2.28. The van der Waals surface area contributed by atoms with Crippen LogP contribution in [0.15, 0.2) is 42.9 Å². The highest BCUT2D eigenvalue weighted by Gasteiger charge is 2.25. The number of nitrogens with zero attached hydrogens (tertiary/aromatic N) is 2. The molecule has 0 bridgehead atoms. The largest absolute Gasteiger partial charge is 0.478 e. The monoisotopic (exact) mass is 439 g/mol. The molecule has 29 heavy (non-hydrogen) atoms. The van der Waals surface area contributed by atoms with E-state index in [1.165, 1.54) is 0 Å². The van der Waals surface area contributed by atoms with Gasteiger partial charge in [0.2, 0.25) is 0 Å². The fourth-order valence-electron chi connectivity index (χ4n) is 2.88. The molecular formula is C19H19Cl2N3O5. The summed E-state index contributed by atoms with van der Waals surface area (Å²) >= 11 is 11.9. The molecule has 1 aliphatic heterocycles. The Balaban J connectivity index is 0.000000321. The molecule has 0 unspecified atom stereocenters. The van der Waals surface area contributed by atoms with Crippen LogP contribution in [0, 0.1) is 0 Å². The Morgan fingerprint density at radius 3 is 2.03 bits per heavy atom. The molecule has 2 heterocycles. The second kappa shape index (κ2) is 10.6. The molecule has 154 valence electrons. The number of aromatic nitrogens is 2. The van der Waals surface area contributed by atoms with Crippen molar-refractivity contribution in [2.45, 2.75) is 18.8 Å². The molecule has 0 atom stereocenters. The van der Waals surface area contributed by atoms with E-state index in [1.54, 1.807) is 24.5 Å². The summed E-state index contributed by atoms with van der Waals surface area (Å²) in [7, 11) is 0. The average Bonchev–Trinajstić information content (AvgIpc) is 3.20. The molecule has 1 fully saturated rings. The first-order valence-corrected chi connectivity index (χ1v) is 9.40. The minimum absolute atomic E-state index is 0.0140. The Morgan fingerprint density at radius 1 is 1.03 bits per heavy atom. The standard InChI is InChI=1S/C15H15Cl2N3O.C4H4O4/c16-12-5-11(6-13(17)7-12)15(21)20-3-1-10(2-4-20)14-8-18-9-19-14;5-3(6)1-2-4(7)8/h5-10H,1-4H2,(H,18,19);1-2H,(H,5,6)(H,7,8)/b;2-1+. The topological polar surface area (TPSA) is 124 Å². The summed E-state index contributed by atoms with van der Waals surface area (Å²) in [4.78, 5) is 40.7. The van der Waals surface area contributed by atoms with E-state index in [1.807, 2.05) is 11.1 Å². The third-order valence-corrected chi connectivity index (χ3v) is 4.63. The Morgan fingerprint density at radius 2 is 1.59 bits per heavy atom. The van der Waals surface area contributed by atoms with Gasteiger partial charge in [-0.05, 0) is 31.0 Å². The SMILES string of the molecule is O=C(O)/C=C/C(=O)O.O=C(c1cc(Cl)cc(Cl)c1)N1CCC(c2c[nH]cn2)CC1. The van der Waals surface area contributed by atoms with E-state index < -0.39 is 11.9 Å². The van der Waals surface area contributed by atoms with E-state index in [9.17, 15) is 14.4 Å². The van der Waals surface area contributed by atoms with Crippen molar-refractivity contribution in [1.82, 2.24) is 14.9 Å². The predicted molar refractivity (Wildman–Crippen MR) is 107 cm³/mol. The Kier molecular flexibility index (Phi) is 8.23. The molecule has 1 saturated heterocycles. The number of benzene rings is 1. The van der Waals surface area contributed by atoms with E-state index in [2.05, 4.69) is 9.97 Å². The van der Waals surface area contributed by atoms with Crippen LogP contribution >= 0.6 is 23.2 Å². The molecule has 0 saturated carbocycles. The average molecular weight is 440 g/mol. The maximum atomic E-state index is 12.5. The van der Waals surface area contributed by atoms with Crippen molar-refractivity contribution < 1.29 is 24.6 Å². The quantitative estimate of drug-likeness (QED) is 0.626. The Labute approximate surface area is 176 Å². The fourth-order valence-corrected chi connectivity index (χ4v) is 3.40. The van der Waals surface area contributed by atoms with Crippen LogP contribution in [0.3, 0.4) is 0 Å². The number of hydrogen-bond donors (Lipinski definition) is 3. The lowest BCUT2D eigenvalue weighted by molar-refractivity contribution is -0.134. The molecular weight excluding hydrogens is 421 g/mol. The summed E-state index contributed by atoms with van der Waals surface area (Å²) < 4.78 is 0. The smallest absolute Gasteiger partial charge is 0.328 e. The number of nitrogens with one attached hydrogen (secondary N) is 1. The Hall–Kier alpha value is -2.84. The molecule has 1 aliphatic rings. The van der Waals surface area contributed by atoms with Crippen molar-refractivity contribution in [3.8, 4) is 0 Å². The normalized spacial score (nSPS) is 14.3. The first-order chi connectivity index (χ1) is 13.8. The van der Waals surface area contributed by atoms with Gasteiger partial charge in [-0.25, -0.2) is 14.6 Å². The van der Waals surface area contributed by atoms with Crippen LogP contribution in [0.4, 0.5) is 0 Å². The number of rotatable bonds is 4. The molecule has 1 amide bonds. The summed E-state index contributed by atoms with van der Waals surface area (Å²) in [6.45, 7) is 1.45. The fraction of sp³-hybridized carbons (Fsp3) is 0.263. The highest BCUT2D eigenvalue weighted by atomic mass is 35.5. The van der Waals surface area contributed by atoms with Gasteiger partial charge >= 0.3 is 11.9 Å². The number of amides is 1. The number of H-pyrrole nitrogens is 1. The molecule has 0 aliphatic carbocycles. The zero-order valence-electron chi connectivity index (χ0n) is 15.2. The van der Waals surface area contributed by atoms with Crippen molar-refractivity contribution in [1.29, 1.82) is 0 Å². The van der Waals surface area contributed by atoms with Gasteiger partial charge in [0, 0.05) is 53.0 Å². The molecule has 1 aromatic carbocycles. The number of carbonyl (C=O) groups excluding carboxylic acids is 1. The van der Waals surface area contributed by atoms with Gasteiger partial charge in [0.1, 0.15) is 0 Å². The Bertz CT molecular complexity index is 855. The number of halogens is 2. The van der Waals surface area contributed by atoms with Crippen LogP contribution in [0.2, 0.25) is 10.0 Å². The zero-order chi connectivity index (χ0) is 21.4. The summed E-state index contributed by atoms with van der Waals surface area (Å²) in [5.41, 5.74) is 1.62. The highest BCUT2D eigenvalue weighted by molar-refractivity contribution is 6.35. The van der Waals surface area contributed by atoms with Crippen LogP contribution in [0.1, 0.15) is 34.8 Å². The number of hydrogen-bond acceptors (Lipinski definition) is 4. The summed E-state index contributed by atoms with van der Waals surface area (Å²) in [6, 6.07) is 4.95. The number of aromatic amines is 1. The summed E-state index contributed by atoms with van der Waals surface area (Å²) in [6.07, 6.45) is 6.58. The molecule has 3 rings (SSSR count). The lowest BCUT2D eigenvalue weighted by Gasteiger charge is -2.31. The number of carboxylic acid groups (broad SMARTS) is 2. The van der Waals surface area contributed by atoms with Gasteiger partial charge in [-0.3, -0.25) is 4.79 Å². The lowest BCUT2D eigenvalue weighted by atomic mass is 9.93. The van der Waals surface area contributed by atoms with Crippen LogP contribution < -0.4 is 0 Å². The van der Waals surface area contributed by atoms with Gasteiger partial charge in [0.05, 0.1) is 12.0 Å². The number of carboxylic acids is 2. The molecule has 8 nitrogen and oxygen atoms in total. The van der Waals surface area contributed by atoms with Crippen molar-refractivity contribution >= 4 is 41.0 Å². The molecule has 10 heteroatoms. The minimum Gasteiger partial charge on any atom is -0.478 e. The molecule has 3 N–H and O–H groups in total. The first-order valence-electron chi connectivity index (χ1n) is 8.64. The second-order valence-corrected chi connectivity index (χ2v) is 7.10. The second-order valence-electron chi connectivity index (χ2n) is 6.23. The van der Waals surface area contributed by atoms with Crippen molar-refractivity contribution in [3.63, 3.8) is 0 Å². The van der Waals surface area contributed by atoms with E-state index in [-0.39, 0.29) is 5.91 Å². The first kappa shape index (κ1) is 22.4. The minimum atomic E-state index is -1.26. The molecule has 0 spiro atoms. The van der Waals surface area contributed by atoms with Crippen molar-refractivity contribution in [2.24, 2.45) is 0 Å². The van der Waals surface area contributed by atoms with Crippen molar-refractivity contribution in [3.05, 3.63) is 64.2 Å². The van der Waals surface area contributed by atoms with Gasteiger partial charge in [0.15, 0.2) is 0 Å². The molecule has 1 aromatic heterocycles. The van der Waals surface area contributed by atoms with Crippen LogP contribution in [-0.4, -0.2) is 56.0 Å². The number of likely N-dealkylation sites (tertiary alicyclic amines) is 1. The van der Waals surface area contributed by atoms with E-state index in [0.29, 0.717) is 33.7 Å². The third-order valence-electron chi connectivity index (χ3n) is 4.20. The van der Waals surface area contributed by atoms with E-state index in [4.69, 9.17) is 33.4 Å². The number of piperidine rings is 1. The van der Waals surface area contributed by atoms with Gasteiger partial charge in [-0.15, -0.1) is 0 Å². The van der Waals surface area contributed by atoms with Gasteiger partial charge in [-0.2, -0.15) is 0 Å². The number of imidazole rings is 1. The molecule has 0 radical (unpaired) electrons. The van der Waals surface area contributed by atoms with Crippen LogP contribution in [-0.2, 0) is 9.59 Å². The third kappa shape index (κ3) is 7.24. The zero-order valence-corrected chi connectivity index (χ0v) is 16.7. The van der Waals surface area contributed by atoms with E-state index in [0.717, 1.165) is 31.6 Å². The number of aliphatic carboxylic acids is 2. The predicted octanol–water partition coefficient (Wildman–Crippen LogP) is 3.45. The summed E-state index contributed by atoms with van der Waals surface area (Å²) in [5.74, 6) is -2.11. The van der Waals surface area contributed by atoms with Crippen molar-refractivity contribution in [2.75, 3.05) is 13.1 Å². The van der Waals surface area contributed by atoms with Crippen LogP contribution in [0.25, 0.3) is 0 Å². The maximum Gasteiger partial charge on any atom is 0.328 e. The lowest BCUT2D eigenvalue weighted by Crippen LogP contribution is -2.38. The van der Waals surface area contributed by atoms with E-state index >= 15 is 0 Å². The van der Waals surface area contributed by atoms with Gasteiger partial charge in [-0.1, -0.05) is 23.2 Å². The van der Waals surface area contributed by atoms with Gasteiger partial charge < -0.3 is 20.1 Å². The van der Waals surface area contributed by atoms with Gasteiger partial charge in [0.25, 0.3) is 5.91 Å². The summed E-state index contributed by atoms with van der Waals surface area (Å²) in [5, 5.41) is 16.6.